The highest BCUT2D eigenvalue weighted by Gasteiger charge is 2.40. The highest BCUT2D eigenvalue weighted by molar-refractivity contribution is 5.93. The Morgan fingerprint density at radius 1 is 0.873 bits per heavy atom. The van der Waals surface area contributed by atoms with Crippen molar-refractivity contribution in [3.05, 3.63) is 53.6 Å². The molecule has 2 aliphatic heterocycles. The second-order valence-electron chi connectivity index (χ2n) is 17.5. The van der Waals surface area contributed by atoms with Gasteiger partial charge in [-0.3, -0.25) is 19.2 Å². The summed E-state index contributed by atoms with van der Waals surface area (Å²) < 4.78 is 60.3. The van der Waals surface area contributed by atoms with Gasteiger partial charge in [-0.05, 0) is 102 Å². The summed E-state index contributed by atoms with van der Waals surface area (Å²) in [6.45, 7) is 7.44. The number of imidazole rings is 1. The molecule has 13 nitrogen and oxygen atoms in total. The molecule has 0 radical (unpaired) electrons. The Labute approximate surface area is 366 Å². The lowest BCUT2D eigenvalue weighted by molar-refractivity contribution is -0.137. The second-order valence-corrected chi connectivity index (χ2v) is 17.5. The number of H-pyrrole nitrogens is 1. The monoisotopic (exact) mass is 881 g/mol. The zero-order valence-corrected chi connectivity index (χ0v) is 37.2. The number of fused-ring (bicyclic) bond motifs is 2. The maximum Gasteiger partial charge on any atom is 0.245 e. The lowest BCUT2D eigenvalue weighted by Crippen LogP contribution is -2.53. The third kappa shape index (κ3) is 11.0. The minimum atomic E-state index is -1.30. The van der Waals surface area contributed by atoms with Crippen LogP contribution in [0, 0.1) is 17.6 Å². The van der Waals surface area contributed by atoms with E-state index in [0.717, 1.165) is 0 Å². The van der Waals surface area contributed by atoms with Gasteiger partial charge in [0, 0.05) is 48.4 Å². The number of halogens is 4. The van der Waals surface area contributed by atoms with Gasteiger partial charge in [0.2, 0.25) is 24.1 Å². The number of nitrogens with zero attached hydrogens (tertiary/aromatic N) is 4. The standard InChI is InChI=1S/C34H39F4N7O3.C12H24N2O/c1-4-27(42-33(47)18(2)39-3)34(48)44-15-22(38)9-23(44)13-26-25-7-5-19(35)11-28(25)40-31(26)32-41-29-12-20(36)6-8-30(29)45(32)16-24-10-21(37)14-43(24)17-46;1-9(11-7-5-4-6-8-11)14-12(15)10(2)13-3/h5-8,11-12,17-18,21-24,27,39-40H,4,9-10,13-16H2,1-3H3,(H,42,47);9-11,13H,4-8H2,1-3H3,(H,14,15). The smallest absolute Gasteiger partial charge is 0.245 e. The number of aromatic nitrogens is 3. The lowest BCUT2D eigenvalue weighted by atomic mass is 9.84. The summed E-state index contributed by atoms with van der Waals surface area (Å²) >= 11 is 0. The summed E-state index contributed by atoms with van der Waals surface area (Å²) in [5.41, 5.74) is 2.41. The SMILES string of the molecule is CCC(NC(=O)C(C)NC)C(=O)N1CC(F)CC1Cc1c(-c2nc3cc(F)ccc3n2CC2CC(F)CN2C=O)[nH]c2cc(F)ccc12.CNC(C)C(=O)NC(C)C1CCCCC1. The number of likely N-dealkylation sites (N-methyl/N-ethyl adjacent to an activating group) is 2. The largest absolute Gasteiger partial charge is 0.352 e. The second kappa shape index (κ2) is 21.1. The van der Waals surface area contributed by atoms with Crippen LogP contribution >= 0.6 is 0 Å². The Hall–Kier alpha value is -5.03. The maximum absolute atomic E-state index is 15.1. The van der Waals surface area contributed by atoms with Gasteiger partial charge in [0.15, 0.2) is 5.82 Å². The number of carbonyl (C=O) groups is 4. The van der Waals surface area contributed by atoms with Crippen LogP contribution in [-0.2, 0) is 32.1 Å². The molecule has 344 valence electrons. The molecular weight excluding hydrogens is 819 g/mol. The van der Waals surface area contributed by atoms with Crippen molar-refractivity contribution < 1.29 is 36.7 Å². The predicted molar refractivity (Wildman–Crippen MR) is 235 cm³/mol. The number of amides is 4. The summed E-state index contributed by atoms with van der Waals surface area (Å²) in [6, 6.07) is 6.13. The molecule has 2 saturated heterocycles. The molecular formula is C46H63F4N9O4. The van der Waals surface area contributed by atoms with E-state index in [2.05, 4.69) is 33.2 Å². The third-order valence-corrected chi connectivity index (χ3v) is 13.2. The van der Waals surface area contributed by atoms with Gasteiger partial charge in [0.25, 0.3) is 0 Å². The number of hydrogen-bond acceptors (Lipinski definition) is 7. The molecule has 17 heteroatoms. The van der Waals surface area contributed by atoms with Gasteiger partial charge in [-0.1, -0.05) is 26.2 Å². The van der Waals surface area contributed by atoms with Gasteiger partial charge in [-0.2, -0.15) is 0 Å². The van der Waals surface area contributed by atoms with Crippen LogP contribution < -0.4 is 21.3 Å². The van der Waals surface area contributed by atoms with Crippen LogP contribution in [0.15, 0.2) is 36.4 Å². The van der Waals surface area contributed by atoms with Crippen LogP contribution in [0.4, 0.5) is 17.6 Å². The average molecular weight is 882 g/mol. The Morgan fingerprint density at radius 2 is 1.51 bits per heavy atom. The zero-order valence-electron chi connectivity index (χ0n) is 37.2. The van der Waals surface area contributed by atoms with Gasteiger partial charge in [0.05, 0.1) is 47.9 Å². The predicted octanol–water partition coefficient (Wildman–Crippen LogP) is 5.70. The van der Waals surface area contributed by atoms with E-state index in [0.29, 0.717) is 63.8 Å². The molecule has 0 bridgehead atoms. The minimum absolute atomic E-state index is 0.0370. The Kier molecular flexibility index (Phi) is 15.9. The molecule has 5 N–H and O–H groups in total. The first-order valence-electron chi connectivity index (χ1n) is 22.4. The lowest BCUT2D eigenvalue weighted by Gasteiger charge is -2.29. The van der Waals surface area contributed by atoms with Crippen molar-refractivity contribution in [1.82, 2.24) is 45.6 Å². The average Bonchev–Trinajstić information content (AvgIpc) is 4.04. The molecule has 3 aliphatic rings. The summed E-state index contributed by atoms with van der Waals surface area (Å²) in [7, 11) is 3.45. The van der Waals surface area contributed by atoms with Crippen molar-refractivity contribution in [3.63, 3.8) is 0 Å². The van der Waals surface area contributed by atoms with E-state index in [9.17, 15) is 32.3 Å². The minimum Gasteiger partial charge on any atom is -0.352 e. The number of carbonyl (C=O) groups excluding carboxylic acids is 4. The van der Waals surface area contributed by atoms with Crippen molar-refractivity contribution >= 4 is 46.1 Å². The summed E-state index contributed by atoms with van der Waals surface area (Å²) in [6.07, 6.45) is 5.32. The molecule has 8 atom stereocenters. The van der Waals surface area contributed by atoms with E-state index in [4.69, 9.17) is 4.98 Å². The van der Waals surface area contributed by atoms with Gasteiger partial charge in [0.1, 0.15) is 30.0 Å². The van der Waals surface area contributed by atoms with Crippen LogP contribution in [-0.4, -0.2) is 124 Å². The fourth-order valence-electron chi connectivity index (χ4n) is 9.27. The van der Waals surface area contributed by atoms with Crippen LogP contribution in [0.5, 0.6) is 0 Å². The van der Waals surface area contributed by atoms with E-state index in [1.165, 1.54) is 66.2 Å². The van der Waals surface area contributed by atoms with E-state index in [1.54, 1.807) is 37.6 Å². The number of alkyl halides is 2. The normalized spacial score (nSPS) is 22.4. The number of hydrogen-bond donors (Lipinski definition) is 5. The highest BCUT2D eigenvalue weighted by Crippen LogP contribution is 2.37. The summed E-state index contributed by atoms with van der Waals surface area (Å²) in [5, 5.41) is 12.3. The topological polar surface area (TPSA) is 156 Å². The van der Waals surface area contributed by atoms with Crippen LogP contribution in [0.3, 0.4) is 0 Å². The molecule has 0 spiro atoms. The van der Waals surface area contributed by atoms with Crippen LogP contribution in [0.1, 0.15) is 84.6 Å². The van der Waals surface area contributed by atoms with Gasteiger partial charge in [-0.15, -0.1) is 0 Å². The van der Waals surface area contributed by atoms with Crippen LogP contribution in [0.2, 0.25) is 0 Å². The zero-order chi connectivity index (χ0) is 45.5. The summed E-state index contributed by atoms with van der Waals surface area (Å²) in [5.74, 6) is -0.586. The first-order valence-corrected chi connectivity index (χ1v) is 22.4. The molecule has 1 aliphatic carbocycles. The highest BCUT2D eigenvalue weighted by atomic mass is 19.1. The quantitative estimate of drug-likeness (QED) is 0.0759. The molecule has 4 heterocycles. The first kappa shape index (κ1) is 47.4. The number of rotatable bonds is 15. The van der Waals surface area contributed by atoms with Crippen molar-refractivity contribution in [2.75, 3.05) is 27.2 Å². The van der Waals surface area contributed by atoms with Crippen molar-refractivity contribution in [2.45, 2.75) is 141 Å². The van der Waals surface area contributed by atoms with Gasteiger partial charge < -0.3 is 40.6 Å². The Balaban J connectivity index is 0.000000374. The molecule has 7 rings (SSSR count). The molecule has 2 aromatic carbocycles. The Morgan fingerprint density at radius 3 is 2.17 bits per heavy atom. The molecule has 4 aromatic rings. The Bertz CT molecular complexity index is 2230. The first-order chi connectivity index (χ1) is 30.1. The maximum atomic E-state index is 15.1. The fourth-order valence-corrected chi connectivity index (χ4v) is 9.27. The number of likely N-dealkylation sites (tertiary alicyclic amines) is 2. The van der Waals surface area contributed by atoms with Crippen molar-refractivity contribution in [2.24, 2.45) is 5.92 Å². The van der Waals surface area contributed by atoms with Gasteiger partial charge >= 0.3 is 0 Å². The number of benzene rings is 2. The molecule has 8 unspecified atom stereocenters. The summed E-state index contributed by atoms with van der Waals surface area (Å²) in [4.78, 5) is 60.8. The van der Waals surface area contributed by atoms with E-state index >= 15 is 4.39 Å². The van der Waals surface area contributed by atoms with E-state index < -0.39 is 54.1 Å². The van der Waals surface area contributed by atoms with Gasteiger partial charge in [-0.25, -0.2) is 22.5 Å². The number of nitrogens with one attached hydrogen (secondary N) is 5. The molecule has 63 heavy (non-hydrogen) atoms. The third-order valence-electron chi connectivity index (χ3n) is 13.2. The molecule has 1 saturated carbocycles. The fraction of sp³-hybridized carbons (Fsp3) is 0.587. The van der Waals surface area contributed by atoms with Crippen molar-refractivity contribution in [3.8, 4) is 11.5 Å². The number of aromatic amines is 1. The molecule has 4 amide bonds. The van der Waals surface area contributed by atoms with Crippen LogP contribution in [0.25, 0.3) is 33.5 Å². The van der Waals surface area contributed by atoms with E-state index in [-0.39, 0.29) is 56.8 Å². The van der Waals surface area contributed by atoms with Crippen molar-refractivity contribution in [1.29, 1.82) is 0 Å². The molecule has 3 fully saturated rings. The molecule has 2 aromatic heterocycles. The van der Waals surface area contributed by atoms with E-state index in [1.807, 2.05) is 14.0 Å².